The largest absolute Gasteiger partial charge is 0.415 e. The van der Waals surface area contributed by atoms with Crippen molar-refractivity contribution in [3.8, 4) is 0 Å². The molecule has 8 heteroatoms. The summed E-state index contributed by atoms with van der Waals surface area (Å²) in [7, 11) is 0. The van der Waals surface area contributed by atoms with E-state index in [4.69, 9.17) is 10.2 Å². The minimum Gasteiger partial charge on any atom is -0.415 e. The van der Waals surface area contributed by atoms with E-state index in [1.165, 1.54) is 0 Å². The van der Waals surface area contributed by atoms with Crippen molar-refractivity contribution in [3.05, 3.63) is 5.89 Å². The van der Waals surface area contributed by atoms with Gasteiger partial charge >= 0.3 is 6.18 Å². The van der Waals surface area contributed by atoms with E-state index >= 15 is 0 Å². The number of alkyl halides is 3. The molecule has 0 atom stereocenters. The van der Waals surface area contributed by atoms with E-state index in [0.717, 1.165) is 0 Å². The van der Waals surface area contributed by atoms with Crippen molar-refractivity contribution < 1.29 is 17.6 Å². The Kier molecular flexibility index (Phi) is 3.15. The van der Waals surface area contributed by atoms with Crippen molar-refractivity contribution in [2.24, 2.45) is 5.73 Å². The zero-order valence-corrected chi connectivity index (χ0v) is 7.15. The molecular formula is C5H6F3N3OS. The van der Waals surface area contributed by atoms with Crippen molar-refractivity contribution in [1.29, 1.82) is 0 Å². The molecule has 13 heavy (non-hydrogen) atoms. The van der Waals surface area contributed by atoms with Crippen LogP contribution in [0.15, 0.2) is 9.64 Å². The van der Waals surface area contributed by atoms with Gasteiger partial charge in [0.2, 0.25) is 5.89 Å². The Morgan fingerprint density at radius 3 is 2.54 bits per heavy atom. The minimum atomic E-state index is -4.23. The summed E-state index contributed by atoms with van der Waals surface area (Å²) >= 11 is 0.443. The molecule has 0 fully saturated rings. The maximum Gasteiger partial charge on any atom is 0.398 e. The minimum absolute atomic E-state index is 0.0274. The van der Waals surface area contributed by atoms with Gasteiger partial charge in [-0.15, -0.1) is 10.2 Å². The van der Waals surface area contributed by atoms with Crippen molar-refractivity contribution in [3.63, 3.8) is 0 Å². The van der Waals surface area contributed by atoms with Crippen LogP contribution in [0.1, 0.15) is 5.89 Å². The number of halogens is 3. The molecule has 0 amide bonds. The highest BCUT2D eigenvalue weighted by atomic mass is 32.2. The molecule has 0 saturated carbocycles. The van der Waals surface area contributed by atoms with Gasteiger partial charge in [-0.3, -0.25) is 0 Å². The Bertz CT molecular complexity index is 274. The van der Waals surface area contributed by atoms with Gasteiger partial charge in [-0.25, -0.2) is 0 Å². The molecule has 0 aliphatic carbocycles. The van der Waals surface area contributed by atoms with Crippen LogP contribution >= 0.6 is 11.8 Å². The van der Waals surface area contributed by atoms with Crippen molar-refractivity contribution in [2.75, 3.05) is 5.75 Å². The molecule has 0 radical (unpaired) electrons. The van der Waals surface area contributed by atoms with E-state index in [2.05, 4.69) is 10.2 Å². The zero-order chi connectivity index (χ0) is 9.90. The normalized spacial score (nSPS) is 12.0. The Labute approximate surface area is 75.7 Å². The van der Waals surface area contributed by atoms with Crippen LogP contribution in [0.25, 0.3) is 0 Å². The van der Waals surface area contributed by atoms with Gasteiger partial charge in [-0.2, -0.15) is 13.2 Å². The highest BCUT2D eigenvalue weighted by molar-refractivity contribution is 7.99. The fraction of sp³-hybridized carbons (Fsp3) is 0.600. The Morgan fingerprint density at radius 2 is 2.08 bits per heavy atom. The molecule has 0 aliphatic heterocycles. The average Bonchev–Trinajstić information content (AvgIpc) is 2.47. The monoisotopic (exact) mass is 213 g/mol. The third kappa shape index (κ3) is 3.64. The lowest BCUT2D eigenvalue weighted by Crippen LogP contribution is -2.10. The van der Waals surface area contributed by atoms with E-state index in [-0.39, 0.29) is 17.7 Å². The Balaban J connectivity index is 2.46. The third-order valence-electron chi connectivity index (χ3n) is 0.982. The van der Waals surface area contributed by atoms with Crippen molar-refractivity contribution in [1.82, 2.24) is 10.2 Å². The smallest absolute Gasteiger partial charge is 0.398 e. The number of nitrogens with two attached hydrogens (primary N) is 1. The lowest BCUT2D eigenvalue weighted by atomic mass is 10.7. The van der Waals surface area contributed by atoms with Crippen LogP contribution in [0.2, 0.25) is 0 Å². The molecule has 1 aromatic heterocycles. The summed E-state index contributed by atoms with van der Waals surface area (Å²) in [6.45, 7) is 0.0274. The van der Waals surface area contributed by atoms with E-state index in [1.807, 2.05) is 0 Å². The number of hydrogen-bond donors (Lipinski definition) is 1. The number of hydrogen-bond acceptors (Lipinski definition) is 5. The lowest BCUT2D eigenvalue weighted by Gasteiger charge is -2.01. The molecule has 0 unspecified atom stereocenters. The summed E-state index contributed by atoms with van der Waals surface area (Å²) in [5.74, 6) is -0.913. The van der Waals surface area contributed by atoms with Crippen molar-refractivity contribution >= 4 is 11.8 Å². The van der Waals surface area contributed by atoms with Crippen LogP contribution in [0.5, 0.6) is 0 Å². The Hall–Kier alpha value is -0.760. The number of aromatic nitrogens is 2. The summed E-state index contributed by atoms with van der Waals surface area (Å²) in [6.07, 6.45) is -4.23. The molecule has 0 saturated heterocycles. The van der Waals surface area contributed by atoms with Gasteiger partial charge in [-0.1, -0.05) is 11.8 Å². The first-order valence-electron chi connectivity index (χ1n) is 3.23. The van der Waals surface area contributed by atoms with Crippen LogP contribution in [-0.4, -0.2) is 22.1 Å². The quantitative estimate of drug-likeness (QED) is 0.764. The van der Waals surface area contributed by atoms with Crippen molar-refractivity contribution in [2.45, 2.75) is 17.9 Å². The molecule has 0 aromatic carbocycles. The fourth-order valence-electron chi connectivity index (χ4n) is 0.523. The summed E-state index contributed by atoms with van der Waals surface area (Å²) < 4.78 is 39.8. The third-order valence-corrected chi connectivity index (χ3v) is 1.87. The SMILES string of the molecule is NCc1nnc(SCC(F)(F)F)o1. The highest BCUT2D eigenvalue weighted by Crippen LogP contribution is 2.25. The van der Waals surface area contributed by atoms with E-state index < -0.39 is 11.9 Å². The number of rotatable bonds is 3. The van der Waals surface area contributed by atoms with Crippen LogP contribution in [-0.2, 0) is 6.54 Å². The molecule has 1 heterocycles. The van der Waals surface area contributed by atoms with E-state index in [1.54, 1.807) is 0 Å². The molecule has 0 spiro atoms. The molecule has 1 aromatic rings. The number of thioether (sulfide) groups is 1. The van der Waals surface area contributed by atoms with Gasteiger partial charge in [-0.05, 0) is 0 Å². The van der Waals surface area contributed by atoms with Crippen LogP contribution in [0.4, 0.5) is 13.2 Å². The molecule has 0 aliphatic rings. The second kappa shape index (κ2) is 3.97. The summed E-state index contributed by atoms with van der Waals surface area (Å²) in [5.41, 5.74) is 5.12. The predicted molar refractivity (Wildman–Crippen MR) is 39.0 cm³/mol. The second-order valence-corrected chi connectivity index (χ2v) is 3.00. The maximum absolute atomic E-state index is 11.7. The topological polar surface area (TPSA) is 64.9 Å². The summed E-state index contributed by atoms with van der Waals surface area (Å²) in [4.78, 5) is 0. The highest BCUT2D eigenvalue weighted by Gasteiger charge is 2.28. The summed E-state index contributed by atoms with van der Waals surface area (Å²) in [6, 6.07) is 0. The average molecular weight is 213 g/mol. The standard InChI is InChI=1S/C5H6F3N3OS/c6-5(7,8)2-13-4-11-10-3(1-9)12-4/h1-2,9H2. The van der Waals surface area contributed by atoms with Gasteiger partial charge < -0.3 is 10.2 Å². The second-order valence-electron chi connectivity index (χ2n) is 2.07. The molecule has 1 rings (SSSR count). The molecule has 0 bridgehead atoms. The molecular weight excluding hydrogens is 207 g/mol. The van der Waals surface area contributed by atoms with Crippen LogP contribution in [0, 0.1) is 0 Å². The molecule has 4 nitrogen and oxygen atoms in total. The van der Waals surface area contributed by atoms with Gasteiger partial charge in [0.25, 0.3) is 5.22 Å². The zero-order valence-electron chi connectivity index (χ0n) is 6.34. The van der Waals surface area contributed by atoms with E-state index in [0.29, 0.717) is 11.8 Å². The van der Waals surface area contributed by atoms with Crippen LogP contribution < -0.4 is 5.73 Å². The van der Waals surface area contributed by atoms with Crippen LogP contribution in [0.3, 0.4) is 0 Å². The lowest BCUT2D eigenvalue weighted by molar-refractivity contribution is -0.105. The molecule has 74 valence electrons. The number of nitrogens with zero attached hydrogens (tertiary/aromatic N) is 2. The van der Waals surface area contributed by atoms with E-state index in [9.17, 15) is 13.2 Å². The van der Waals surface area contributed by atoms with Gasteiger partial charge in [0.15, 0.2) is 0 Å². The molecule has 2 N–H and O–H groups in total. The fourth-order valence-corrected chi connectivity index (χ4v) is 1.06. The first-order valence-corrected chi connectivity index (χ1v) is 4.22. The van der Waals surface area contributed by atoms with Gasteiger partial charge in [0.1, 0.15) is 0 Å². The predicted octanol–water partition coefficient (Wildman–Crippen LogP) is 1.18. The Morgan fingerprint density at radius 1 is 1.38 bits per heavy atom. The maximum atomic E-state index is 11.7. The van der Waals surface area contributed by atoms with Gasteiger partial charge in [0.05, 0.1) is 12.3 Å². The van der Waals surface area contributed by atoms with Gasteiger partial charge in [0, 0.05) is 0 Å². The summed E-state index contributed by atoms with van der Waals surface area (Å²) in [5, 5.41) is 6.65. The first kappa shape index (κ1) is 10.3. The first-order chi connectivity index (χ1) is 6.01.